The highest BCUT2D eigenvalue weighted by Crippen LogP contribution is 2.23. The molecule has 0 amide bonds. The molecule has 3 unspecified atom stereocenters. The first-order chi connectivity index (χ1) is 7.90. The number of nitrogens with two attached hydrogens (primary N) is 1. The Labute approximate surface area is 99.1 Å². The average molecular weight is 226 g/mol. The number of hydrogen-bond donors (Lipinski definition) is 2. The molecule has 2 rings (SSSR count). The van der Waals surface area contributed by atoms with Gasteiger partial charge in [0.15, 0.2) is 0 Å². The fraction of sp³-hybridized carbons (Fsp3) is 1.00. The molecule has 2 fully saturated rings. The number of rotatable bonds is 4. The Morgan fingerprint density at radius 3 is 2.62 bits per heavy atom. The predicted molar refractivity (Wildman–Crippen MR) is 66.4 cm³/mol. The highest BCUT2D eigenvalue weighted by molar-refractivity contribution is 4.82. The van der Waals surface area contributed by atoms with Gasteiger partial charge in [0, 0.05) is 19.2 Å². The lowest BCUT2D eigenvalue weighted by Gasteiger charge is -2.33. The van der Waals surface area contributed by atoms with Crippen LogP contribution >= 0.6 is 0 Å². The summed E-state index contributed by atoms with van der Waals surface area (Å²) in [5.74, 6) is 0.692. The van der Waals surface area contributed by atoms with Crippen LogP contribution in [0.4, 0.5) is 0 Å². The van der Waals surface area contributed by atoms with Crippen molar-refractivity contribution in [3.05, 3.63) is 0 Å². The monoisotopic (exact) mass is 226 g/mol. The lowest BCUT2D eigenvalue weighted by atomic mass is 9.84. The number of hydrogen-bond acceptors (Lipinski definition) is 3. The molecule has 0 aromatic carbocycles. The van der Waals surface area contributed by atoms with E-state index in [4.69, 9.17) is 10.5 Å². The molecule has 1 heterocycles. The van der Waals surface area contributed by atoms with Crippen LogP contribution in [-0.2, 0) is 4.74 Å². The number of ether oxygens (including phenoxy) is 1. The third-order valence-electron chi connectivity index (χ3n) is 4.09. The summed E-state index contributed by atoms with van der Waals surface area (Å²) >= 11 is 0. The molecule has 1 aliphatic carbocycles. The summed E-state index contributed by atoms with van der Waals surface area (Å²) < 4.78 is 5.74. The van der Waals surface area contributed by atoms with Gasteiger partial charge in [-0.3, -0.25) is 0 Å². The van der Waals surface area contributed by atoms with E-state index >= 15 is 0 Å². The van der Waals surface area contributed by atoms with Gasteiger partial charge in [0.2, 0.25) is 0 Å². The molecule has 0 bridgehead atoms. The van der Waals surface area contributed by atoms with Gasteiger partial charge >= 0.3 is 0 Å². The van der Waals surface area contributed by atoms with Crippen molar-refractivity contribution in [2.45, 2.75) is 57.1 Å². The molecule has 3 N–H and O–H groups in total. The van der Waals surface area contributed by atoms with Gasteiger partial charge in [-0.1, -0.05) is 12.8 Å². The lowest BCUT2D eigenvalue weighted by molar-refractivity contribution is 0.0133. The third kappa shape index (κ3) is 3.44. The second-order valence-corrected chi connectivity index (χ2v) is 5.28. The van der Waals surface area contributed by atoms with E-state index in [1.165, 1.54) is 44.9 Å². The molecule has 1 saturated carbocycles. The van der Waals surface area contributed by atoms with Crippen LogP contribution in [0.5, 0.6) is 0 Å². The van der Waals surface area contributed by atoms with E-state index < -0.39 is 0 Å². The molecule has 3 nitrogen and oxygen atoms in total. The van der Waals surface area contributed by atoms with Crippen LogP contribution in [0.25, 0.3) is 0 Å². The predicted octanol–water partition coefficient (Wildman–Crippen LogP) is 1.66. The zero-order valence-electron chi connectivity index (χ0n) is 10.3. The summed E-state index contributed by atoms with van der Waals surface area (Å²) in [7, 11) is 0. The molecular formula is C13H26N2O. The summed E-state index contributed by atoms with van der Waals surface area (Å²) in [6, 6.07) is 0.643. The summed E-state index contributed by atoms with van der Waals surface area (Å²) in [5, 5.41) is 3.69. The van der Waals surface area contributed by atoms with Gasteiger partial charge in [-0.25, -0.2) is 0 Å². The average Bonchev–Trinajstić information content (AvgIpc) is 2.38. The van der Waals surface area contributed by atoms with E-state index in [1.807, 2.05) is 0 Å². The number of nitrogens with one attached hydrogen (secondary N) is 1. The molecule has 3 heteroatoms. The van der Waals surface area contributed by atoms with Crippen molar-refractivity contribution in [3.8, 4) is 0 Å². The normalized spacial score (nSPS) is 36.2. The summed E-state index contributed by atoms with van der Waals surface area (Å²) in [4.78, 5) is 0. The van der Waals surface area contributed by atoms with Gasteiger partial charge in [-0.15, -0.1) is 0 Å². The lowest BCUT2D eigenvalue weighted by Crippen LogP contribution is -2.45. The highest BCUT2D eigenvalue weighted by atomic mass is 16.5. The van der Waals surface area contributed by atoms with Crippen LogP contribution < -0.4 is 11.1 Å². The minimum Gasteiger partial charge on any atom is -0.377 e. The van der Waals surface area contributed by atoms with Crippen LogP contribution in [0.3, 0.4) is 0 Å². The van der Waals surface area contributed by atoms with E-state index in [9.17, 15) is 0 Å². The molecule has 0 aromatic heterocycles. The van der Waals surface area contributed by atoms with E-state index in [0.29, 0.717) is 18.1 Å². The minimum atomic E-state index is 0.453. The second kappa shape index (κ2) is 6.58. The maximum atomic E-state index is 5.83. The Kier molecular flexibility index (Phi) is 5.07. The Morgan fingerprint density at radius 1 is 1.06 bits per heavy atom. The van der Waals surface area contributed by atoms with Crippen LogP contribution in [-0.4, -0.2) is 31.8 Å². The first-order valence-corrected chi connectivity index (χ1v) is 6.95. The van der Waals surface area contributed by atoms with Crippen molar-refractivity contribution in [1.82, 2.24) is 5.32 Å². The van der Waals surface area contributed by atoms with Crippen molar-refractivity contribution in [2.75, 3.05) is 19.7 Å². The van der Waals surface area contributed by atoms with Crippen molar-refractivity contribution >= 4 is 0 Å². The fourth-order valence-corrected chi connectivity index (χ4v) is 3.01. The van der Waals surface area contributed by atoms with Gasteiger partial charge in [0.1, 0.15) is 0 Å². The zero-order chi connectivity index (χ0) is 11.2. The molecule has 1 saturated heterocycles. The van der Waals surface area contributed by atoms with Crippen LogP contribution in [0.1, 0.15) is 44.9 Å². The summed E-state index contributed by atoms with van der Waals surface area (Å²) in [6.07, 6.45) is 9.58. The molecule has 1 aliphatic heterocycles. The maximum Gasteiger partial charge on any atom is 0.0699 e. The molecular weight excluding hydrogens is 200 g/mol. The molecule has 94 valence electrons. The van der Waals surface area contributed by atoms with E-state index in [1.54, 1.807) is 0 Å². The molecule has 0 radical (unpaired) electrons. The largest absolute Gasteiger partial charge is 0.377 e. The Bertz CT molecular complexity index is 192. The molecule has 0 aromatic rings. The molecule has 16 heavy (non-hydrogen) atoms. The van der Waals surface area contributed by atoms with E-state index in [-0.39, 0.29) is 0 Å². The van der Waals surface area contributed by atoms with E-state index in [0.717, 1.165) is 19.7 Å². The SMILES string of the molecule is NCC1CCCCC1NCC1CCCCO1. The van der Waals surface area contributed by atoms with Crippen molar-refractivity contribution < 1.29 is 4.74 Å². The van der Waals surface area contributed by atoms with Gasteiger partial charge in [-0.05, 0) is 44.6 Å². The maximum absolute atomic E-state index is 5.83. The third-order valence-corrected chi connectivity index (χ3v) is 4.09. The topological polar surface area (TPSA) is 47.3 Å². The van der Waals surface area contributed by atoms with Crippen LogP contribution in [0.15, 0.2) is 0 Å². The Morgan fingerprint density at radius 2 is 1.88 bits per heavy atom. The molecule has 2 aliphatic rings. The highest BCUT2D eigenvalue weighted by Gasteiger charge is 2.24. The van der Waals surface area contributed by atoms with E-state index in [2.05, 4.69) is 5.32 Å². The first-order valence-electron chi connectivity index (χ1n) is 6.95. The fourth-order valence-electron chi connectivity index (χ4n) is 3.01. The van der Waals surface area contributed by atoms with Crippen LogP contribution in [0, 0.1) is 5.92 Å². The van der Waals surface area contributed by atoms with Gasteiger partial charge in [-0.2, -0.15) is 0 Å². The summed E-state index contributed by atoms with van der Waals surface area (Å²) in [6.45, 7) is 2.82. The van der Waals surface area contributed by atoms with Crippen molar-refractivity contribution in [2.24, 2.45) is 11.7 Å². The Hall–Kier alpha value is -0.120. The summed E-state index contributed by atoms with van der Waals surface area (Å²) in [5.41, 5.74) is 5.83. The molecule has 3 atom stereocenters. The van der Waals surface area contributed by atoms with Gasteiger partial charge < -0.3 is 15.8 Å². The Balaban J connectivity index is 1.70. The first kappa shape index (κ1) is 12.3. The molecule has 0 spiro atoms. The standard InChI is InChI=1S/C13H26N2O/c14-9-11-5-1-2-7-13(11)15-10-12-6-3-4-8-16-12/h11-13,15H,1-10,14H2. The van der Waals surface area contributed by atoms with Gasteiger partial charge in [0.05, 0.1) is 6.10 Å². The second-order valence-electron chi connectivity index (χ2n) is 5.28. The van der Waals surface area contributed by atoms with Crippen molar-refractivity contribution in [3.63, 3.8) is 0 Å². The quantitative estimate of drug-likeness (QED) is 0.766. The smallest absolute Gasteiger partial charge is 0.0699 e. The zero-order valence-corrected chi connectivity index (χ0v) is 10.3. The van der Waals surface area contributed by atoms with Crippen molar-refractivity contribution in [1.29, 1.82) is 0 Å². The minimum absolute atomic E-state index is 0.453. The van der Waals surface area contributed by atoms with Crippen LogP contribution in [0.2, 0.25) is 0 Å². The van der Waals surface area contributed by atoms with Gasteiger partial charge in [0.25, 0.3) is 0 Å².